The highest BCUT2D eigenvalue weighted by Gasteiger charge is 2.17. The maximum atomic E-state index is 5.24. The van der Waals surface area contributed by atoms with Crippen LogP contribution in [0.1, 0.15) is 12.7 Å². The van der Waals surface area contributed by atoms with Crippen molar-refractivity contribution < 1.29 is 4.74 Å². The van der Waals surface area contributed by atoms with Gasteiger partial charge in [0, 0.05) is 24.1 Å². The summed E-state index contributed by atoms with van der Waals surface area (Å²) in [5.41, 5.74) is 2.29. The molecular formula is C19H20N6OS. The fourth-order valence-corrected chi connectivity index (χ4v) is 3.97. The Balaban J connectivity index is 1.74. The molecule has 7 nitrogen and oxygen atoms in total. The number of nitrogens with one attached hydrogen (secondary N) is 1. The maximum Gasteiger partial charge on any atom is 0.158 e. The number of methoxy groups -OCH3 is 1. The zero-order valence-corrected chi connectivity index (χ0v) is 16.0. The van der Waals surface area contributed by atoms with Crippen LogP contribution in [0.25, 0.3) is 21.3 Å². The Labute approximate surface area is 161 Å². The van der Waals surface area contributed by atoms with E-state index in [1.807, 2.05) is 18.2 Å². The van der Waals surface area contributed by atoms with E-state index in [9.17, 15) is 0 Å². The van der Waals surface area contributed by atoms with Gasteiger partial charge >= 0.3 is 0 Å². The van der Waals surface area contributed by atoms with Crippen LogP contribution in [0.5, 0.6) is 0 Å². The Morgan fingerprint density at radius 1 is 1.22 bits per heavy atom. The first-order valence-corrected chi connectivity index (χ1v) is 9.54. The summed E-state index contributed by atoms with van der Waals surface area (Å²) >= 11 is 1.62. The molecule has 4 aromatic rings. The molecule has 0 aliphatic heterocycles. The minimum absolute atomic E-state index is 0.115. The van der Waals surface area contributed by atoms with Crippen molar-refractivity contribution in [2.45, 2.75) is 26.1 Å². The summed E-state index contributed by atoms with van der Waals surface area (Å²) in [5, 5.41) is 10.9. The number of hydrogen-bond acceptors (Lipinski definition) is 7. The molecule has 0 amide bonds. The van der Waals surface area contributed by atoms with E-state index < -0.39 is 0 Å². The van der Waals surface area contributed by atoms with Crippen molar-refractivity contribution in [1.82, 2.24) is 24.7 Å². The topological polar surface area (TPSA) is 77.8 Å². The Morgan fingerprint density at radius 3 is 2.81 bits per heavy atom. The molecule has 27 heavy (non-hydrogen) atoms. The number of benzene rings is 1. The lowest BCUT2D eigenvalue weighted by molar-refractivity contribution is 0.178. The van der Waals surface area contributed by atoms with Gasteiger partial charge in [0.25, 0.3) is 0 Å². The molecule has 0 aliphatic rings. The first kappa shape index (κ1) is 17.6. The number of thiophene rings is 1. The van der Waals surface area contributed by atoms with E-state index in [-0.39, 0.29) is 6.04 Å². The van der Waals surface area contributed by atoms with Crippen LogP contribution >= 0.6 is 11.3 Å². The molecule has 1 unspecified atom stereocenters. The van der Waals surface area contributed by atoms with E-state index >= 15 is 0 Å². The molecule has 1 atom stereocenters. The van der Waals surface area contributed by atoms with Gasteiger partial charge in [0.1, 0.15) is 29.9 Å². The third kappa shape index (κ3) is 3.81. The van der Waals surface area contributed by atoms with Crippen LogP contribution < -0.4 is 5.32 Å². The van der Waals surface area contributed by atoms with Crippen molar-refractivity contribution in [3.8, 4) is 11.1 Å². The molecule has 0 aliphatic carbocycles. The van der Waals surface area contributed by atoms with Gasteiger partial charge in [-0.05, 0) is 12.5 Å². The van der Waals surface area contributed by atoms with Gasteiger partial charge in [-0.1, -0.05) is 30.3 Å². The molecule has 4 rings (SSSR count). The van der Waals surface area contributed by atoms with Gasteiger partial charge in [-0.2, -0.15) is 5.10 Å². The summed E-state index contributed by atoms with van der Waals surface area (Å²) in [6, 6.07) is 10.4. The molecule has 0 fully saturated rings. The molecular weight excluding hydrogens is 360 g/mol. The Bertz CT molecular complexity index is 1020. The lowest BCUT2D eigenvalue weighted by Crippen LogP contribution is -2.23. The molecule has 138 valence electrons. The largest absolute Gasteiger partial charge is 0.377 e. The van der Waals surface area contributed by atoms with E-state index in [2.05, 4.69) is 44.8 Å². The van der Waals surface area contributed by atoms with Gasteiger partial charge in [0.2, 0.25) is 0 Å². The molecule has 0 bridgehead atoms. The zero-order valence-electron chi connectivity index (χ0n) is 15.2. The summed E-state index contributed by atoms with van der Waals surface area (Å²) in [6.07, 6.45) is 3.25. The van der Waals surface area contributed by atoms with E-state index in [0.29, 0.717) is 19.0 Å². The highest BCUT2D eigenvalue weighted by molar-refractivity contribution is 7.17. The summed E-state index contributed by atoms with van der Waals surface area (Å²) < 4.78 is 7.05. The number of nitrogens with zero attached hydrogens (tertiary/aromatic N) is 5. The molecule has 0 saturated carbocycles. The molecule has 3 heterocycles. The molecule has 3 aromatic heterocycles. The third-order valence-corrected chi connectivity index (χ3v) is 5.02. The van der Waals surface area contributed by atoms with Crippen molar-refractivity contribution >= 4 is 27.4 Å². The van der Waals surface area contributed by atoms with Gasteiger partial charge < -0.3 is 10.1 Å². The predicted octanol–water partition coefficient (Wildman–Crippen LogP) is 3.60. The summed E-state index contributed by atoms with van der Waals surface area (Å²) in [4.78, 5) is 14.4. The second-order valence-corrected chi connectivity index (χ2v) is 7.14. The fourth-order valence-electron chi connectivity index (χ4n) is 3.00. The van der Waals surface area contributed by atoms with Crippen molar-refractivity contribution in [3.63, 3.8) is 0 Å². The fraction of sp³-hybridized carbons (Fsp3) is 0.263. The number of rotatable bonds is 7. The number of fused-ring (bicyclic) bond motifs is 1. The number of ether oxygens (including phenoxy) is 1. The van der Waals surface area contributed by atoms with Crippen molar-refractivity contribution in [2.75, 3.05) is 12.4 Å². The number of anilines is 1. The molecule has 8 heteroatoms. The summed E-state index contributed by atoms with van der Waals surface area (Å²) in [7, 11) is 1.65. The SMILES string of the molecule is COCc1nc(NC(C)Cn2cncn2)c2c(-c3ccccc3)csc2n1. The van der Waals surface area contributed by atoms with E-state index in [1.165, 1.54) is 0 Å². The number of aromatic nitrogens is 5. The lowest BCUT2D eigenvalue weighted by atomic mass is 10.1. The minimum atomic E-state index is 0.115. The Hall–Kier alpha value is -2.84. The Kier molecular flexibility index (Phi) is 5.08. The first-order chi connectivity index (χ1) is 13.2. The van der Waals surface area contributed by atoms with Crippen LogP contribution in [0, 0.1) is 0 Å². The van der Waals surface area contributed by atoms with Crippen LogP contribution in [0.2, 0.25) is 0 Å². The van der Waals surface area contributed by atoms with Crippen LogP contribution in [0.4, 0.5) is 5.82 Å². The van der Waals surface area contributed by atoms with E-state index in [4.69, 9.17) is 9.72 Å². The van der Waals surface area contributed by atoms with Crippen LogP contribution in [-0.2, 0) is 17.9 Å². The monoisotopic (exact) mass is 380 g/mol. The summed E-state index contributed by atoms with van der Waals surface area (Å²) in [5.74, 6) is 1.49. The molecule has 1 N–H and O–H groups in total. The maximum absolute atomic E-state index is 5.24. The standard InChI is InChI=1S/C19H20N6OS/c1-13(8-25-12-20-11-21-25)22-18-17-15(14-6-4-3-5-7-14)10-27-19(17)24-16(23-18)9-26-2/h3-7,10-13H,8-9H2,1-2H3,(H,22,23,24). The van der Waals surface area contributed by atoms with Crippen molar-refractivity contribution in [3.05, 3.63) is 54.2 Å². The summed E-state index contributed by atoms with van der Waals surface area (Å²) in [6.45, 7) is 3.16. The average molecular weight is 380 g/mol. The zero-order chi connectivity index (χ0) is 18.6. The smallest absolute Gasteiger partial charge is 0.158 e. The van der Waals surface area contributed by atoms with Gasteiger partial charge in [0.05, 0.1) is 11.9 Å². The quantitative estimate of drug-likeness (QED) is 0.528. The van der Waals surface area contributed by atoms with Crippen LogP contribution in [0.15, 0.2) is 48.4 Å². The first-order valence-electron chi connectivity index (χ1n) is 8.66. The van der Waals surface area contributed by atoms with Crippen molar-refractivity contribution in [2.24, 2.45) is 0 Å². The molecule has 0 radical (unpaired) electrons. The number of hydrogen-bond donors (Lipinski definition) is 1. The van der Waals surface area contributed by atoms with Crippen LogP contribution in [-0.4, -0.2) is 37.9 Å². The van der Waals surface area contributed by atoms with Gasteiger partial charge in [0.15, 0.2) is 5.82 Å². The average Bonchev–Trinajstić information content (AvgIpc) is 3.32. The second kappa shape index (κ2) is 7.81. The van der Waals surface area contributed by atoms with Crippen LogP contribution in [0.3, 0.4) is 0 Å². The van der Waals surface area contributed by atoms with Gasteiger partial charge in [-0.3, -0.25) is 4.68 Å². The molecule has 1 aromatic carbocycles. The van der Waals surface area contributed by atoms with E-state index in [1.54, 1.807) is 35.8 Å². The normalized spacial score (nSPS) is 12.4. The predicted molar refractivity (Wildman–Crippen MR) is 107 cm³/mol. The lowest BCUT2D eigenvalue weighted by Gasteiger charge is -2.16. The highest BCUT2D eigenvalue weighted by atomic mass is 32.1. The highest BCUT2D eigenvalue weighted by Crippen LogP contribution is 2.37. The van der Waals surface area contributed by atoms with E-state index in [0.717, 1.165) is 27.2 Å². The molecule has 0 spiro atoms. The second-order valence-electron chi connectivity index (χ2n) is 6.28. The van der Waals surface area contributed by atoms with Gasteiger partial charge in [-0.15, -0.1) is 11.3 Å². The molecule has 0 saturated heterocycles. The van der Waals surface area contributed by atoms with Crippen molar-refractivity contribution in [1.29, 1.82) is 0 Å². The van der Waals surface area contributed by atoms with Gasteiger partial charge in [-0.25, -0.2) is 15.0 Å². The third-order valence-electron chi connectivity index (χ3n) is 4.15. The Morgan fingerprint density at radius 2 is 2.07 bits per heavy atom. The minimum Gasteiger partial charge on any atom is -0.377 e.